The Morgan fingerprint density at radius 1 is 1.35 bits per heavy atom. The maximum atomic E-state index is 12.0. The minimum absolute atomic E-state index is 0.00741. The van der Waals surface area contributed by atoms with Crippen molar-refractivity contribution in [2.45, 2.75) is 6.54 Å². The van der Waals surface area contributed by atoms with E-state index < -0.39 is 0 Å². The second-order valence-electron chi connectivity index (χ2n) is 3.69. The molecule has 0 saturated heterocycles. The first kappa shape index (κ1) is 9.89. The molecule has 1 aromatic heterocycles. The summed E-state index contributed by atoms with van der Waals surface area (Å²) in [5.74, 6) is 1.30. The SMILES string of the molecule is O=C(Cn1cccn1)c1ccc2c(c1)OCO2. The van der Waals surface area contributed by atoms with Gasteiger partial charge >= 0.3 is 0 Å². The van der Waals surface area contributed by atoms with Crippen molar-refractivity contribution in [2.75, 3.05) is 6.79 Å². The van der Waals surface area contributed by atoms with Crippen LogP contribution < -0.4 is 9.47 Å². The lowest BCUT2D eigenvalue weighted by Gasteiger charge is -2.02. The van der Waals surface area contributed by atoms with E-state index in [-0.39, 0.29) is 19.1 Å². The molecule has 0 N–H and O–H groups in total. The molecule has 86 valence electrons. The number of hydrogen-bond donors (Lipinski definition) is 0. The highest BCUT2D eigenvalue weighted by molar-refractivity contribution is 5.96. The second-order valence-corrected chi connectivity index (χ2v) is 3.69. The van der Waals surface area contributed by atoms with Crippen LogP contribution >= 0.6 is 0 Å². The predicted molar refractivity (Wildman–Crippen MR) is 59.1 cm³/mol. The van der Waals surface area contributed by atoms with Crippen molar-refractivity contribution in [1.29, 1.82) is 0 Å². The Morgan fingerprint density at radius 3 is 3.06 bits per heavy atom. The van der Waals surface area contributed by atoms with E-state index in [1.807, 2.05) is 0 Å². The fraction of sp³-hybridized carbons (Fsp3) is 0.167. The number of fused-ring (bicyclic) bond motifs is 1. The van der Waals surface area contributed by atoms with Crippen LogP contribution in [0.4, 0.5) is 0 Å². The Morgan fingerprint density at radius 2 is 2.24 bits per heavy atom. The van der Waals surface area contributed by atoms with Gasteiger partial charge in [0.25, 0.3) is 0 Å². The topological polar surface area (TPSA) is 53.4 Å². The van der Waals surface area contributed by atoms with Gasteiger partial charge in [-0.15, -0.1) is 0 Å². The first-order valence-corrected chi connectivity index (χ1v) is 5.23. The highest BCUT2D eigenvalue weighted by atomic mass is 16.7. The third kappa shape index (κ3) is 1.87. The summed E-state index contributed by atoms with van der Waals surface area (Å²) < 4.78 is 12.0. The van der Waals surface area contributed by atoms with Gasteiger partial charge in [-0.1, -0.05) is 0 Å². The molecule has 2 aromatic rings. The van der Waals surface area contributed by atoms with Crippen molar-refractivity contribution < 1.29 is 14.3 Å². The Balaban J connectivity index is 1.82. The largest absolute Gasteiger partial charge is 0.454 e. The van der Waals surface area contributed by atoms with Crippen molar-refractivity contribution >= 4 is 5.78 Å². The van der Waals surface area contributed by atoms with Crippen LogP contribution in [-0.2, 0) is 6.54 Å². The second kappa shape index (κ2) is 3.93. The van der Waals surface area contributed by atoms with Gasteiger partial charge in [0.1, 0.15) is 6.54 Å². The number of aromatic nitrogens is 2. The first-order valence-electron chi connectivity index (χ1n) is 5.23. The van der Waals surface area contributed by atoms with Crippen LogP contribution in [0.5, 0.6) is 11.5 Å². The van der Waals surface area contributed by atoms with Crippen LogP contribution in [0.15, 0.2) is 36.7 Å². The van der Waals surface area contributed by atoms with E-state index in [0.29, 0.717) is 17.1 Å². The van der Waals surface area contributed by atoms with Gasteiger partial charge in [-0.05, 0) is 24.3 Å². The van der Waals surface area contributed by atoms with Crippen LogP contribution in [0.3, 0.4) is 0 Å². The fourth-order valence-corrected chi connectivity index (χ4v) is 1.70. The predicted octanol–water partition coefficient (Wildman–Crippen LogP) is 1.49. The monoisotopic (exact) mass is 230 g/mol. The number of carbonyl (C=O) groups is 1. The van der Waals surface area contributed by atoms with Gasteiger partial charge in [0.15, 0.2) is 17.3 Å². The molecule has 17 heavy (non-hydrogen) atoms. The van der Waals surface area contributed by atoms with Crippen LogP contribution in [0, 0.1) is 0 Å². The van der Waals surface area contributed by atoms with Gasteiger partial charge in [0.05, 0.1) is 0 Å². The molecule has 0 atom stereocenters. The molecular formula is C12H10N2O3. The van der Waals surface area contributed by atoms with E-state index in [0.717, 1.165) is 0 Å². The standard InChI is InChI=1S/C12H10N2O3/c15-10(7-14-5-1-4-13-14)9-2-3-11-12(6-9)17-8-16-11/h1-6H,7-8H2. The molecule has 5 heteroatoms. The Kier molecular flexibility index (Phi) is 2.29. The summed E-state index contributed by atoms with van der Waals surface area (Å²) in [4.78, 5) is 12.0. The minimum atomic E-state index is -0.00741. The van der Waals surface area contributed by atoms with E-state index in [4.69, 9.17) is 9.47 Å². The van der Waals surface area contributed by atoms with Gasteiger partial charge in [-0.3, -0.25) is 9.48 Å². The molecule has 0 fully saturated rings. The summed E-state index contributed by atoms with van der Waals surface area (Å²) in [6, 6.07) is 6.97. The molecule has 0 saturated carbocycles. The van der Waals surface area contributed by atoms with E-state index in [1.54, 1.807) is 41.3 Å². The van der Waals surface area contributed by atoms with Crippen molar-refractivity contribution in [3.8, 4) is 11.5 Å². The Bertz CT molecular complexity index is 549. The number of hydrogen-bond acceptors (Lipinski definition) is 4. The molecule has 5 nitrogen and oxygen atoms in total. The molecule has 0 amide bonds. The van der Waals surface area contributed by atoms with Crippen molar-refractivity contribution in [3.05, 3.63) is 42.2 Å². The molecule has 2 heterocycles. The van der Waals surface area contributed by atoms with E-state index >= 15 is 0 Å². The Labute approximate surface area is 97.6 Å². The van der Waals surface area contributed by atoms with Crippen molar-refractivity contribution in [1.82, 2.24) is 9.78 Å². The summed E-state index contributed by atoms with van der Waals surface area (Å²) in [5.41, 5.74) is 0.602. The molecular weight excluding hydrogens is 220 g/mol. The quantitative estimate of drug-likeness (QED) is 0.750. The molecule has 3 rings (SSSR count). The summed E-state index contributed by atoms with van der Waals surface area (Å²) in [6.07, 6.45) is 3.40. The number of ketones is 1. The molecule has 0 unspecified atom stereocenters. The zero-order valence-electron chi connectivity index (χ0n) is 9.00. The van der Waals surface area contributed by atoms with E-state index in [1.165, 1.54) is 0 Å². The lowest BCUT2D eigenvalue weighted by molar-refractivity contribution is 0.0967. The van der Waals surface area contributed by atoms with Gasteiger partial charge < -0.3 is 9.47 Å². The summed E-state index contributed by atoms with van der Waals surface area (Å²) in [5, 5.41) is 3.99. The lowest BCUT2D eigenvalue weighted by Crippen LogP contribution is -2.10. The zero-order valence-corrected chi connectivity index (χ0v) is 9.00. The zero-order chi connectivity index (χ0) is 11.7. The highest BCUT2D eigenvalue weighted by Gasteiger charge is 2.16. The molecule has 0 bridgehead atoms. The number of carbonyl (C=O) groups excluding carboxylic acids is 1. The van der Waals surface area contributed by atoms with Gasteiger partial charge in [-0.25, -0.2) is 0 Å². The smallest absolute Gasteiger partial charge is 0.231 e. The highest BCUT2D eigenvalue weighted by Crippen LogP contribution is 2.32. The van der Waals surface area contributed by atoms with Crippen molar-refractivity contribution in [3.63, 3.8) is 0 Å². The summed E-state index contributed by atoms with van der Waals surface area (Å²) >= 11 is 0. The van der Waals surface area contributed by atoms with Gasteiger partial charge in [-0.2, -0.15) is 5.10 Å². The molecule has 1 aliphatic rings. The molecule has 0 radical (unpaired) electrons. The number of rotatable bonds is 3. The molecule has 1 aliphatic heterocycles. The van der Waals surface area contributed by atoms with Crippen LogP contribution in [0.25, 0.3) is 0 Å². The summed E-state index contributed by atoms with van der Waals surface area (Å²) in [7, 11) is 0. The van der Waals surface area contributed by atoms with Gasteiger partial charge in [0.2, 0.25) is 6.79 Å². The fourth-order valence-electron chi connectivity index (χ4n) is 1.70. The molecule has 0 spiro atoms. The van der Waals surface area contributed by atoms with Crippen LogP contribution in [0.1, 0.15) is 10.4 Å². The maximum absolute atomic E-state index is 12.0. The number of nitrogens with zero attached hydrogens (tertiary/aromatic N) is 2. The third-order valence-corrected chi connectivity index (χ3v) is 2.56. The molecule has 0 aliphatic carbocycles. The summed E-state index contributed by atoms with van der Waals surface area (Å²) in [6.45, 7) is 0.443. The average molecular weight is 230 g/mol. The van der Waals surface area contributed by atoms with Crippen LogP contribution in [0.2, 0.25) is 0 Å². The third-order valence-electron chi connectivity index (χ3n) is 2.56. The van der Waals surface area contributed by atoms with Gasteiger partial charge in [0, 0.05) is 18.0 Å². The average Bonchev–Trinajstić information content (AvgIpc) is 2.97. The first-order chi connectivity index (χ1) is 8.33. The maximum Gasteiger partial charge on any atom is 0.231 e. The molecule has 1 aromatic carbocycles. The van der Waals surface area contributed by atoms with E-state index in [2.05, 4.69) is 5.10 Å². The normalized spacial score (nSPS) is 12.7. The number of benzene rings is 1. The minimum Gasteiger partial charge on any atom is -0.454 e. The Hall–Kier alpha value is -2.30. The van der Waals surface area contributed by atoms with Crippen LogP contribution in [-0.4, -0.2) is 22.4 Å². The van der Waals surface area contributed by atoms with E-state index in [9.17, 15) is 4.79 Å². The number of Topliss-reactive ketones (excluding diaryl/α,β-unsaturated/α-hetero) is 1. The number of ether oxygens (including phenoxy) is 2. The lowest BCUT2D eigenvalue weighted by atomic mass is 10.1. The van der Waals surface area contributed by atoms with Crippen molar-refractivity contribution in [2.24, 2.45) is 0 Å².